The number of nitrogens with two attached hydrogens (primary N) is 1. The molecule has 0 aliphatic heterocycles. The first-order valence-electron chi connectivity index (χ1n) is 2.57. The fraction of sp³-hybridized carbons (Fsp3) is 0.250. The Balaban J connectivity index is 0.000000187. The Morgan fingerprint density at radius 2 is 2.18 bits per heavy atom. The average molecular weight is 179 g/mol. The lowest BCUT2D eigenvalue weighted by Gasteiger charge is -1.69. The third kappa shape index (κ3) is 12.2. The smallest absolute Gasteiger partial charge is 0.261 e. The van der Waals surface area contributed by atoms with Crippen LogP contribution in [0.1, 0.15) is 0 Å². The standard InChI is InChI=1S/C3H5N3.CH4O3S/c4-3-1-2-5-6-3;1-5(2,3)4/h1-2H,(H3,4,5,6);1H3,(H,2,3,4). The number of nitrogens with zero attached hydrogens (tertiary/aromatic N) is 1. The highest BCUT2D eigenvalue weighted by atomic mass is 32.2. The van der Waals surface area contributed by atoms with Gasteiger partial charge in [-0.1, -0.05) is 0 Å². The number of nitrogen functional groups attached to an aromatic ring is 1. The van der Waals surface area contributed by atoms with Gasteiger partial charge in [-0.3, -0.25) is 9.65 Å². The van der Waals surface area contributed by atoms with E-state index in [1.807, 2.05) is 0 Å². The van der Waals surface area contributed by atoms with Crippen LogP contribution in [-0.4, -0.2) is 29.4 Å². The summed E-state index contributed by atoms with van der Waals surface area (Å²) >= 11 is 0. The Bertz CT molecular complexity index is 270. The van der Waals surface area contributed by atoms with Gasteiger partial charge in [0, 0.05) is 6.20 Å². The molecule has 1 heterocycles. The molecule has 0 amide bonds. The molecule has 64 valence electrons. The van der Waals surface area contributed by atoms with Gasteiger partial charge in [-0.05, 0) is 6.07 Å². The molecule has 0 atom stereocenters. The van der Waals surface area contributed by atoms with Crippen LogP contribution in [0.5, 0.6) is 0 Å². The molecule has 4 N–H and O–H groups in total. The van der Waals surface area contributed by atoms with Crippen LogP contribution in [0.15, 0.2) is 12.3 Å². The summed E-state index contributed by atoms with van der Waals surface area (Å²) in [6.45, 7) is 0. The minimum absolute atomic E-state index is 0.537. The van der Waals surface area contributed by atoms with Crippen LogP contribution in [-0.2, 0) is 10.1 Å². The molecule has 0 bridgehead atoms. The highest BCUT2D eigenvalue weighted by Crippen LogP contribution is 1.86. The third-order valence-electron chi connectivity index (χ3n) is 0.522. The maximum Gasteiger partial charge on any atom is 0.261 e. The van der Waals surface area contributed by atoms with E-state index in [9.17, 15) is 8.42 Å². The van der Waals surface area contributed by atoms with Crippen molar-refractivity contribution in [2.75, 3.05) is 12.0 Å². The van der Waals surface area contributed by atoms with Gasteiger partial charge in [0.15, 0.2) is 0 Å². The highest BCUT2D eigenvalue weighted by molar-refractivity contribution is 7.85. The molecule has 0 unspecified atom stereocenters. The van der Waals surface area contributed by atoms with Crippen molar-refractivity contribution in [1.29, 1.82) is 0 Å². The first-order valence-corrected chi connectivity index (χ1v) is 4.42. The lowest BCUT2D eigenvalue weighted by Crippen LogP contribution is -1.88. The van der Waals surface area contributed by atoms with Gasteiger partial charge in [0.2, 0.25) is 0 Å². The molecule has 1 aromatic rings. The van der Waals surface area contributed by atoms with Crippen LogP contribution in [0.4, 0.5) is 5.82 Å². The number of nitrogens with one attached hydrogen (secondary N) is 1. The van der Waals surface area contributed by atoms with Gasteiger partial charge in [-0.2, -0.15) is 13.5 Å². The van der Waals surface area contributed by atoms with E-state index in [1.54, 1.807) is 12.3 Å². The Hall–Kier alpha value is -1.08. The predicted molar refractivity (Wildman–Crippen MR) is 40.5 cm³/mol. The number of aromatic nitrogens is 2. The average Bonchev–Trinajstić information content (AvgIpc) is 2.12. The Morgan fingerprint density at radius 1 is 1.73 bits per heavy atom. The van der Waals surface area contributed by atoms with Gasteiger partial charge >= 0.3 is 0 Å². The van der Waals surface area contributed by atoms with Crippen LogP contribution >= 0.6 is 0 Å². The summed E-state index contributed by atoms with van der Waals surface area (Å²) in [5.74, 6) is 0.537. The maximum atomic E-state index is 9.19. The van der Waals surface area contributed by atoms with Gasteiger partial charge in [0.25, 0.3) is 10.1 Å². The summed E-state index contributed by atoms with van der Waals surface area (Å²) in [5, 5.41) is 6.12. The van der Waals surface area contributed by atoms with E-state index in [1.165, 1.54) is 0 Å². The molecule has 0 aromatic carbocycles. The zero-order valence-corrected chi connectivity index (χ0v) is 6.67. The number of hydrogen-bond acceptors (Lipinski definition) is 4. The first-order chi connectivity index (χ1) is 4.89. The second kappa shape index (κ2) is 3.94. The molecule has 0 fully saturated rings. The van der Waals surface area contributed by atoms with Crippen molar-refractivity contribution in [3.63, 3.8) is 0 Å². The molecular formula is C4H9N3O3S. The van der Waals surface area contributed by atoms with Gasteiger partial charge in [0.1, 0.15) is 5.82 Å². The first kappa shape index (κ1) is 9.92. The van der Waals surface area contributed by atoms with E-state index >= 15 is 0 Å². The summed E-state index contributed by atoms with van der Waals surface area (Å²) in [4.78, 5) is 0. The predicted octanol–water partition coefficient (Wildman–Crippen LogP) is -0.504. The molecule has 1 aromatic heterocycles. The van der Waals surface area contributed by atoms with Crippen molar-refractivity contribution in [1.82, 2.24) is 10.2 Å². The number of anilines is 1. The van der Waals surface area contributed by atoms with Crippen molar-refractivity contribution in [2.45, 2.75) is 0 Å². The number of hydrogen-bond donors (Lipinski definition) is 3. The Kier molecular flexibility index (Phi) is 3.55. The zero-order valence-electron chi connectivity index (χ0n) is 5.85. The van der Waals surface area contributed by atoms with Crippen molar-refractivity contribution in [2.24, 2.45) is 0 Å². The molecule has 6 nitrogen and oxygen atoms in total. The van der Waals surface area contributed by atoms with Gasteiger partial charge in [-0.15, -0.1) is 0 Å². The van der Waals surface area contributed by atoms with Crippen molar-refractivity contribution in [3.8, 4) is 0 Å². The molecule has 0 aliphatic rings. The van der Waals surface area contributed by atoms with E-state index in [0.717, 1.165) is 0 Å². The van der Waals surface area contributed by atoms with E-state index in [0.29, 0.717) is 12.1 Å². The molecule has 0 saturated carbocycles. The van der Waals surface area contributed by atoms with Crippen LogP contribution in [0.3, 0.4) is 0 Å². The number of aromatic amines is 1. The molecule has 7 heteroatoms. The molecule has 11 heavy (non-hydrogen) atoms. The monoisotopic (exact) mass is 179 g/mol. The Labute approximate surface area is 64.2 Å². The summed E-state index contributed by atoms with van der Waals surface area (Å²) in [5.41, 5.74) is 5.14. The molecule has 0 radical (unpaired) electrons. The summed E-state index contributed by atoms with van der Waals surface area (Å²) < 4.78 is 25.9. The van der Waals surface area contributed by atoms with Crippen molar-refractivity contribution >= 4 is 15.9 Å². The van der Waals surface area contributed by atoms with Crippen molar-refractivity contribution < 1.29 is 13.0 Å². The van der Waals surface area contributed by atoms with E-state index < -0.39 is 10.1 Å². The quantitative estimate of drug-likeness (QED) is 0.465. The van der Waals surface area contributed by atoms with Crippen LogP contribution in [0.2, 0.25) is 0 Å². The second-order valence-corrected chi connectivity index (χ2v) is 3.20. The van der Waals surface area contributed by atoms with E-state index in [4.69, 9.17) is 10.3 Å². The fourth-order valence-electron chi connectivity index (χ4n) is 0.272. The van der Waals surface area contributed by atoms with Crippen molar-refractivity contribution in [3.05, 3.63) is 12.3 Å². The summed E-state index contributed by atoms with van der Waals surface area (Å²) in [6.07, 6.45) is 2.39. The topological polar surface area (TPSA) is 109 Å². The lowest BCUT2D eigenvalue weighted by molar-refractivity contribution is 0.490. The van der Waals surface area contributed by atoms with Crippen LogP contribution < -0.4 is 5.73 Å². The Morgan fingerprint density at radius 3 is 2.27 bits per heavy atom. The lowest BCUT2D eigenvalue weighted by atomic mass is 10.7. The zero-order chi connectivity index (χ0) is 8.91. The molecule has 0 aliphatic carbocycles. The van der Waals surface area contributed by atoms with Crippen LogP contribution in [0.25, 0.3) is 0 Å². The normalized spacial score (nSPS) is 10.0. The molecule has 0 spiro atoms. The summed E-state index contributed by atoms with van der Waals surface area (Å²) in [6, 6.07) is 1.69. The summed E-state index contributed by atoms with van der Waals surface area (Å²) in [7, 11) is -3.67. The molecule has 0 saturated heterocycles. The highest BCUT2D eigenvalue weighted by Gasteiger charge is 1.81. The van der Waals surface area contributed by atoms with Crippen LogP contribution in [0, 0.1) is 0 Å². The van der Waals surface area contributed by atoms with E-state index in [2.05, 4.69) is 10.2 Å². The fourth-order valence-corrected chi connectivity index (χ4v) is 0.272. The largest absolute Gasteiger partial charge is 0.382 e. The molecule has 1 rings (SSSR count). The second-order valence-electron chi connectivity index (χ2n) is 1.73. The SMILES string of the molecule is CS(=O)(=O)O.Nc1cc[nH]n1. The minimum Gasteiger partial charge on any atom is -0.382 e. The van der Waals surface area contributed by atoms with Gasteiger partial charge in [-0.25, -0.2) is 0 Å². The van der Waals surface area contributed by atoms with Gasteiger partial charge in [0.05, 0.1) is 6.26 Å². The third-order valence-corrected chi connectivity index (χ3v) is 0.522. The van der Waals surface area contributed by atoms with E-state index in [-0.39, 0.29) is 0 Å². The molecular weight excluding hydrogens is 170 g/mol. The maximum absolute atomic E-state index is 9.19. The number of rotatable bonds is 0. The van der Waals surface area contributed by atoms with Gasteiger partial charge < -0.3 is 5.73 Å². The number of H-pyrrole nitrogens is 1. The minimum atomic E-state index is -3.67.